The molecule has 5 heteroatoms. The summed E-state index contributed by atoms with van der Waals surface area (Å²) in [6, 6.07) is 17.8. The Balaban J connectivity index is 1.70. The van der Waals surface area contributed by atoms with Gasteiger partial charge in [-0.05, 0) is 30.5 Å². The average Bonchev–Trinajstić information content (AvgIpc) is 3.07. The molecule has 0 atom stereocenters. The Morgan fingerprint density at radius 1 is 1.04 bits per heavy atom. The molecular weight excluding hydrogens is 328 g/mol. The molecule has 136 valence electrons. The van der Waals surface area contributed by atoms with E-state index in [1.807, 2.05) is 58.3 Å². The Labute approximate surface area is 154 Å². The number of hydrogen-bond acceptors (Lipinski definition) is 4. The minimum Gasteiger partial charge on any atom is -0.465 e. The SMILES string of the molecule is CCOC(=O)CN(CC(=O)N1CCc2ccccc21)Cc1ccccc1. The smallest absolute Gasteiger partial charge is 0.320 e. The lowest BCUT2D eigenvalue weighted by Crippen LogP contribution is -2.41. The summed E-state index contributed by atoms with van der Waals surface area (Å²) in [5.41, 5.74) is 3.24. The molecule has 0 saturated carbocycles. The van der Waals surface area contributed by atoms with Gasteiger partial charge in [0.05, 0.1) is 19.7 Å². The van der Waals surface area contributed by atoms with Crippen molar-refractivity contribution >= 4 is 17.6 Å². The highest BCUT2D eigenvalue weighted by Gasteiger charge is 2.26. The Morgan fingerprint density at radius 3 is 2.54 bits per heavy atom. The Hall–Kier alpha value is -2.66. The Kier molecular flexibility index (Phi) is 6.02. The summed E-state index contributed by atoms with van der Waals surface area (Å²) in [6.45, 7) is 3.63. The monoisotopic (exact) mass is 352 g/mol. The number of esters is 1. The molecule has 1 aliphatic heterocycles. The second kappa shape index (κ2) is 8.63. The lowest BCUT2D eigenvalue weighted by atomic mass is 10.2. The molecule has 0 N–H and O–H groups in total. The van der Waals surface area contributed by atoms with Crippen molar-refractivity contribution in [2.45, 2.75) is 19.9 Å². The Morgan fingerprint density at radius 2 is 1.77 bits per heavy atom. The van der Waals surface area contributed by atoms with Crippen LogP contribution in [-0.4, -0.2) is 43.0 Å². The summed E-state index contributed by atoms with van der Waals surface area (Å²) in [5, 5.41) is 0. The van der Waals surface area contributed by atoms with Crippen LogP contribution in [0, 0.1) is 0 Å². The van der Waals surface area contributed by atoms with E-state index in [9.17, 15) is 9.59 Å². The third kappa shape index (κ3) is 4.49. The van der Waals surface area contributed by atoms with Crippen LogP contribution in [0.5, 0.6) is 0 Å². The fourth-order valence-electron chi connectivity index (χ4n) is 3.27. The lowest BCUT2D eigenvalue weighted by Gasteiger charge is -2.24. The van der Waals surface area contributed by atoms with Crippen molar-refractivity contribution in [2.24, 2.45) is 0 Å². The number of rotatable bonds is 7. The minimum absolute atomic E-state index is 0.00943. The molecule has 3 rings (SSSR count). The number of fused-ring (bicyclic) bond motifs is 1. The van der Waals surface area contributed by atoms with Gasteiger partial charge in [0.25, 0.3) is 0 Å². The molecule has 2 aromatic carbocycles. The molecule has 1 amide bonds. The largest absolute Gasteiger partial charge is 0.465 e. The zero-order valence-electron chi connectivity index (χ0n) is 15.1. The molecule has 1 heterocycles. The average molecular weight is 352 g/mol. The van der Waals surface area contributed by atoms with Gasteiger partial charge in [-0.1, -0.05) is 48.5 Å². The van der Waals surface area contributed by atoms with Crippen LogP contribution in [0.4, 0.5) is 5.69 Å². The fourth-order valence-corrected chi connectivity index (χ4v) is 3.27. The normalized spacial score (nSPS) is 12.9. The molecule has 0 saturated heterocycles. The van der Waals surface area contributed by atoms with Crippen LogP contribution in [0.1, 0.15) is 18.1 Å². The van der Waals surface area contributed by atoms with Crippen molar-refractivity contribution in [1.29, 1.82) is 0 Å². The van der Waals surface area contributed by atoms with Gasteiger partial charge in [0.15, 0.2) is 0 Å². The first kappa shape index (κ1) is 18.1. The van der Waals surface area contributed by atoms with Gasteiger partial charge >= 0.3 is 5.97 Å². The summed E-state index contributed by atoms with van der Waals surface area (Å²) in [7, 11) is 0. The maximum atomic E-state index is 12.9. The van der Waals surface area contributed by atoms with E-state index in [1.165, 1.54) is 5.56 Å². The van der Waals surface area contributed by atoms with Crippen molar-refractivity contribution in [1.82, 2.24) is 4.90 Å². The summed E-state index contributed by atoms with van der Waals surface area (Å²) in [6.07, 6.45) is 0.873. The summed E-state index contributed by atoms with van der Waals surface area (Å²) in [5.74, 6) is -0.298. The standard InChI is InChI=1S/C21H24N2O3/c1-2-26-21(25)16-22(14-17-8-4-3-5-9-17)15-20(24)23-13-12-18-10-6-7-11-19(18)23/h3-11H,2,12-16H2,1H3. The van der Waals surface area contributed by atoms with Gasteiger partial charge in [0.2, 0.25) is 5.91 Å². The highest BCUT2D eigenvalue weighted by molar-refractivity contribution is 5.97. The molecule has 0 aliphatic carbocycles. The summed E-state index contributed by atoms with van der Waals surface area (Å²) >= 11 is 0. The van der Waals surface area contributed by atoms with E-state index in [0.29, 0.717) is 19.7 Å². The molecule has 5 nitrogen and oxygen atoms in total. The molecule has 0 aromatic heterocycles. The van der Waals surface area contributed by atoms with Crippen LogP contribution < -0.4 is 4.90 Å². The number of hydrogen-bond donors (Lipinski definition) is 0. The van der Waals surface area contributed by atoms with Crippen LogP contribution in [0.3, 0.4) is 0 Å². The lowest BCUT2D eigenvalue weighted by molar-refractivity contribution is -0.144. The van der Waals surface area contributed by atoms with Crippen LogP contribution >= 0.6 is 0 Å². The number of nitrogens with zero attached hydrogens (tertiary/aromatic N) is 2. The third-order valence-electron chi connectivity index (χ3n) is 4.45. The first-order chi connectivity index (χ1) is 12.7. The van der Waals surface area contributed by atoms with Crippen LogP contribution in [0.2, 0.25) is 0 Å². The van der Waals surface area contributed by atoms with E-state index in [-0.39, 0.29) is 25.0 Å². The summed E-state index contributed by atoms with van der Waals surface area (Å²) in [4.78, 5) is 28.5. The number of carbonyl (C=O) groups excluding carboxylic acids is 2. The third-order valence-corrected chi connectivity index (χ3v) is 4.45. The van der Waals surface area contributed by atoms with Crippen molar-refractivity contribution in [2.75, 3.05) is 31.1 Å². The first-order valence-corrected chi connectivity index (χ1v) is 8.97. The van der Waals surface area contributed by atoms with E-state index in [4.69, 9.17) is 4.74 Å². The number of anilines is 1. The molecule has 0 unspecified atom stereocenters. The molecule has 0 radical (unpaired) electrons. The van der Waals surface area contributed by atoms with Crippen LogP contribution in [0.15, 0.2) is 54.6 Å². The van der Waals surface area contributed by atoms with Gasteiger partial charge in [-0.25, -0.2) is 0 Å². The predicted octanol–water partition coefficient (Wildman–Crippen LogP) is 2.64. The highest BCUT2D eigenvalue weighted by Crippen LogP contribution is 2.27. The van der Waals surface area contributed by atoms with Crippen molar-refractivity contribution in [3.8, 4) is 0 Å². The van der Waals surface area contributed by atoms with Gasteiger partial charge in [-0.3, -0.25) is 14.5 Å². The molecular formula is C21H24N2O3. The van der Waals surface area contributed by atoms with Crippen molar-refractivity contribution in [3.63, 3.8) is 0 Å². The van der Waals surface area contributed by atoms with Crippen LogP contribution in [0.25, 0.3) is 0 Å². The van der Waals surface area contributed by atoms with E-state index < -0.39 is 0 Å². The number of carbonyl (C=O) groups is 2. The van der Waals surface area contributed by atoms with E-state index in [2.05, 4.69) is 6.07 Å². The number of para-hydroxylation sites is 1. The fraction of sp³-hybridized carbons (Fsp3) is 0.333. The maximum Gasteiger partial charge on any atom is 0.320 e. The van der Waals surface area contributed by atoms with Gasteiger partial charge in [0.1, 0.15) is 0 Å². The zero-order chi connectivity index (χ0) is 18.4. The number of benzene rings is 2. The van der Waals surface area contributed by atoms with E-state index in [1.54, 1.807) is 6.92 Å². The number of ether oxygens (including phenoxy) is 1. The first-order valence-electron chi connectivity index (χ1n) is 8.97. The summed E-state index contributed by atoms with van der Waals surface area (Å²) < 4.78 is 5.07. The second-order valence-corrected chi connectivity index (χ2v) is 6.36. The maximum absolute atomic E-state index is 12.9. The van der Waals surface area contributed by atoms with Gasteiger partial charge in [-0.15, -0.1) is 0 Å². The molecule has 26 heavy (non-hydrogen) atoms. The van der Waals surface area contributed by atoms with Gasteiger partial charge < -0.3 is 9.64 Å². The zero-order valence-corrected chi connectivity index (χ0v) is 15.1. The molecule has 0 bridgehead atoms. The predicted molar refractivity (Wildman–Crippen MR) is 101 cm³/mol. The van der Waals surface area contributed by atoms with Crippen molar-refractivity contribution in [3.05, 3.63) is 65.7 Å². The molecule has 0 fully saturated rings. The van der Waals surface area contributed by atoms with E-state index in [0.717, 1.165) is 17.7 Å². The van der Waals surface area contributed by atoms with Crippen LogP contribution in [-0.2, 0) is 27.3 Å². The topological polar surface area (TPSA) is 49.9 Å². The second-order valence-electron chi connectivity index (χ2n) is 6.36. The quantitative estimate of drug-likeness (QED) is 0.719. The van der Waals surface area contributed by atoms with Gasteiger partial charge in [0, 0.05) is 18.8 Å². The Bertz CT molecular complexity index is 761. The minimum atomic E-state index is -0.307. The van der Waals surface area contributed by atoms with Gasteiger partial charge in [-0.2, -0.15) is 0 Å². The molecule has 1 aliphatic rings. The molecule has 2 aromatic rings. The highest BCUT2D eigenvalue weighted by atomic mass is 16.5. The van der Waals surface area contributed by atoms with E-state index >= 15 is 0 Å². The number of amides is 1. The van der Waals surface area contributed by atoms with Crippen molar-refractivity contribution < 1.29 is 14.3 Å². The molecule has 0 spiro atoms.